The molecule has 2 amide bonds. The van der Waals surface area contributed by atoms with Crippen molar-refractivity contribution in [3.8, 4) is 0 Å². The Hall–Kier alpha value is -2.72. The van der Waals surface area contributed by atoms with Gasteiger partial charge in [0.1, 0.15) is 5.82 Å². The van der Waals surface area contributed by atoms with E-state index in [1.54, 1.807) is 28.5 Å². The van der Waals surface area contributed by atoms with Crippen molar-refractivity contribution >= 4 is 23.6 Å². The summed E-state index contributed by atoms with van der Waals surface area (Å²) in [7, 11) is 0. The molecule has 1 aliphatic heterocycles. The van der Waals surface area contributed by atoms with Crippen molar-refractivity contribution in [2.45, 2.75) is 24.7 Å². The highest BCUT2D eigenvalue weighted by Gasteiger charge is 2.23. The van der Waals surface area contributed by atoms with E-state index in [2.05, 4.69) is 22.1 Å². The summed E-state index contributed by atoms with van der Waals surface area (Å²) in [6.45, 7) is 8.18. The van der Waals surface area contributed by atoms with Crippen LogP contribution in [0.15, 0.2) is 42.1 Å². The number of morpholine rings is 1. The highest BCUT2D eigenvalue weighted by Crippen LogP contribution is 2.22. The maximum Gasteiger partial charge on any atom is 0.254 e. The summed E-state index contributed by atoms with van der Waals surface area (Å²) in [4.78, 5) is 26.6. The summed E-state index contributed by atoms with van der Waals surface area (Å²) < 4.78 is 20.9. The molecule has 0 unspecified atom stereocenters. The van der Waals surface area contributed by atoms with Crippen LogP contribution in [0.3, 0.4) is 0 Å². The molecule has 0 spiro atoms. The first-order chi connectivity index (χ1) is 14.5. The normalized spacial score (nSPS) is 14.9. The minimum atomic E-state index is -0.590. The first-order valence-corrected chi connectivity index (χ1v) is 10.6. The van der Waals surface area contributed by atoms with E-state index in [0.29, 0.717) is 43.8 Å². The van der Waals surface area contributed by atoms with Crippen molar-refractivity contribution < 1.29 is 18.7 Å². The fraction of sp³-hybridized carbons (Fsp3) is 0.400. The Morgan fingerprint density at radius 3 is 2.77 bits per heavy atom. The van der Waals surface area contributed by atoms with Crippen LogP contribution in [0.25, 0.3) is 0 Å². The Bertz CT molecular complexity index is 914. The zero-order valence-electron chi connectivity index (χ0n) is 16.7. The molecule has 0 saturated carbocycles. The predicted octanol–water partition coefficient (Wildman–Crippen LogP) is 2.05. The fourth-order valence-corrected chi connectivity index (χ4v) is 3.90. The molecule has 10 heteroatoms. The lowest BCUT2D eigenvalue weighted by Gasteiger charge is -2.26. The third kappa shape index (κ3) is 5.25. The Labute approximate surface area is 178 Å². The van der Waals surface area contributed by atoms with Crippen LogP contribution in [0.2, 0.25) is 0 Å². The van der Waals surface area contributed by atoms with Gasteiger partial charge in [0.25, 0.3) is 5.91 Å². The Morgan fingerprint density at radius 1 is 1.33 bits per heavy atom. The van der Waals surface area contributed by atoms with Gasteiger partial charge in [-0.1, -0.05) is 30.0 Å². The van der Waals surface area contributed by atoms with Gasteiger partial charge in [-0.25, -0.2) is 4.39 Å². The summed E-state index contributed by atoms with van der Waals surface area (Å²) in [5.74, 6) is -0.386. The Balaban J connectivity index is 1.68. The lowest BCUT2D eigenvalue weighted by molar-refractivity contribution is -0.132. The molecule has 30 heavy (non-hydrogen) atoms. The van der Waals surface area contributed by atoms with Crippen LogP contribution in [0.1, 0.15) is 29.1 Å². The van der Waals surface area contributed by atoms with Gasteiger partial charge >= 0.3 is 0 Å². The summed E-state index contributed by atoms with van der Waals surface area (Å²) in [6.07, 6.45) is 1.69. The topological polar surface area (TPSA) is 89.3 Å². The van der Waals surface area contributed by atoms with Gasteiger partial charge in [-0.3, -0.25) is 9.59 Å². The van der Waals surface area contributed by atoms with Gasteiger partial charge in [0.15, 0.2) is 11.0 Å². The van der Waals surface area contributed by atoms with Crippen LogP contribution in [0.5, 0.6) is 0 Å². The summed E-state index contributed by atoms with van der Waals surface area (Å²) in [5, 5.41) is 11.7. The molecular weight excluding hydrogens is 409 g/mol. The molecule has 1 N–H and O–H groups in total. The van der Waals surface area contributed by atoms with E-state index in [0.717, 1.165) is 0 Å². The molecule has 1 aromatic heterocycles. The van der Waals surface area contributed by atoms with Crippen molar-refractivity contribution in [2.75, 3.05) is 32.1 Å². The number of ether oxygens (including phenoxy) is 1. The van der Waals surface area contributed by atoms with Crippen LogP contribution in [-0.2, 0) is 16.1 Å². The zero-order valence-corrected chi connectivity index (χ0v) is 17.5. The molecule has 2 aromatic rings. The Morgan fingerprint density at radius 2 is 2.07 bits per heavy atom. The highest BCUT2D eigenvalue weighted by molar-refractivity contribution is 7.99. The number of hydrogen-bond acceptors (Lipinski definition) is 6. The smallest absolute Gasteiger partial charge is 0.254 e. The number of nitrogens with one attached hydrogen (secondary N) is 1. The second-order valence-corrected chi connectivity index (χ2v) is 7.64. The van der Waals surface area contributed by atoms with E-state index in [9.17, 15) is 14.0 Å². The summed E-state index contributed by atoms with van der Waals surface area (Å²) in [5.41, 5.74) is -0.0372. The molecule has 1 aliphatic rings. The number of aromatic nitrogens is 3. The maximum absolute atomic E-state index is 13.9. The first-order valence-electron chi connectivity index (χ1n) is 9.59. The second kappa shape index (κ2) is 10.4. The van der Waals surface area contributed by atoms with Gasteiger partial charge < -0.3 is 19.5 Å². The predicted molar refractivity (Wildman–Crippen MR) is 111 cm³/mol. The molecule has 2 heterocycles. The van der Waals surface area contributed by atoms with E-state index in [1.807, 2.05) is 0 Å². The standard InChI is InChI=1S/C20H24FN5O3S/c1-3-8-26-18(14(2)22-19(28)15-6-4-5-7-16(15)21)23-24-20(26)30-13-17(27)25-9-11-29-12-10-25/h3-7,14H,1,8-13H2,2H3,(H,22,28)/t14-/m1/s1. The number of thioether (sulfide) groups is 1. The number of nitrogens with zero attached hydrogens (tertiary/aromatic N) is 4. The zero-order chi connectivity index (χ0) is 21.5. The van der Waals surface area contributed by atoms with Gasteiger partial charge in [-0.05, 0) is 19.1 Å². The van der Waals surface area contributed by atoms with Crippen molar-refractivity contribution in [1.82, 2.24) is 25.0 Å². The van der Waals surface area contributed by atoms with E-state index in [-0.39, 0.29) is 17.2 Å². The Kier molecular flexibility index (Phi) is 7.58. The molecule has 1 aromatic carbocycles. The molecule has 1 atom stereocenters. The maximum atomic E-state index is 13.9. The van der Waals surface area contributed by atoms with Gasteiger partial charge in [-0.2, -0.15) is 0 Å². The number of amides is 2. The van der Waals surface area contributed by atoms with Gasteiger partial charge in [0.2, 0.25) is 5.91 Å². The molecule has 0 aliphatic carbocycles. The molecule has 0 radical (unpaired) electrons. The second-order valence-electron chi connectivity index (χ2n) is 6.70. The molecule has 8 nitrogen and oxygen atoms in total. The van der Waals surface area contributed by atoms with Crippen molar-refractivity contribution in [3.63, 3.8) is 0 Å². The van der Waals surface area contributed by atoms with Gasteiger partial charge in [0.05, 0.1) is 30.6 Å². The monoisotopic (exact) mass is 433 g/mol. The lowest BCUT2D eigenvalue weighted by atomic mass is 10.2. The molecular formula is C20H24FN5O3S. The largest absolute Gasteiger partial charge is 0.378 e. The summed E-state index contributed by atoms with van der Waals surface area (Å²) in [6, 6.07) is 5.26. The van der Waals surface area contributed by atoms with E-state index in [4.69, 9.17) is 4.74 Å². The van der Waals surface area contributed by atoms with Crippen LogP contribution in [-0.4, -0.2) is 63.5 Å². The molecule has 1 fully saturated rings. The molecule has 1 saturated heterocycles. The van der Waals surface area contributed by atoms with E-state index in [1.165, 1.54) is 30.0 Å². The number of allylic oxidation sites excluding steroid dienone is 1. The van der Waals surface area contributed by atoms with Crippen molar-refractivity contribution in [1.29, 1.82) is 0 Å². The minimum Gasteiger partial charge on any atom is -0.378 e. The average Bonchev–Trinajstić information content (AvgIpc) is 3.16. The third-order valence-electron chi connectivity index (χ3n) is 4.60. The number of carbonyl (C=O) groups is 2. The van der Waals surface area contributed by atoms with Crippen molar-refractivity contribution in [2.24, 2.45) is 0 Å². The van der Waals surface area contributed by atoms with Crippen LogP contribution in [0.4, 0.5) is 4.39 Å². The average molecular weight is 434 g/mol. The SMILES string of the molecule is C=CCn1c(SCC(=O)N2CCOCC2)nnc1[C@@H](C)NC(=O)c1ccccc1F. The van der Waals surface area contributed by atoms with Crippen LogP contribution < -0.4 is 5.32 Å². The highest BCUT2D eigenvalue weighted by atomic mass is 32.2. The third-order valence-corrected chi connectivity index (χ3v) is 5.55. The lowest BCUT2D eigenvalue weighted by Crippen LogP contribution is -2.41. The minimum absolute atomic E-state index is 0.0129. The van der Waals surface area contributed by atoms with Gasteiger partial charge in [-0.15, -0.1) is 16.8 Å². The summed E-state index contributed by atoms with van der Waals surface area (Å²) >= 11 is 1.28. The molecule has 3 rings (SSSR count). The number of rotatable bonds is 8. The quantitative estimate of drug-likeness (QED) is 0.506. The first kappa shape index (κ1) is 22.0. The van der Waals surface area contributed by atoms with Crippen LogP contribution >= 0.6 is 11.8 Å². The van der Waals surface area contributed by atoms with Gasteiger partial charge in [0, 0.05) is 19.6 Å². The van der Waals surface area contributed by atoms with E-state index >= 15 is 0 Å². The van der Waals surface area contributed by atoms with Crippen molar-refractivity contribution in [3.05, 3.63) is 54.1 Å². The molecule has 0 bridgehead atoms. The molecule has 160 valence electrons. The number of halogens is 1. The van der Waals surface area contributed by atoms with Crippen LogP contribution in [0, 0.1) is 5.82 Å². The number of benzene rings is 1. The fourth-order valence-electron chi connectivity index (χ4n) is 3.04. The van der Waals surface area contributed by atoms with E-state index < -0.39 is 17.8 Å². The number of hydrogen-bond donors (Lipinski definition) is 1. The number of carbonyl (C=O) groups excluding carboxylic acids is 2.